The maximum Gasteiger partial charge on any atom is 0.170 e. The van der Waals surface area contributed by atoms with Crippen LogP contribution in [-0.2, 0) is 0 Å². The van der Waals surface area contributed by atoms with E-state index in [1.54, 1.807) is 11.6 Å². The molecular weight excluding hydrogens is 186 g/mol. The molecule has 0 amide bonds. The van der Waals surface area contributed by atoms with Crippen LogP contribution in [0.2, 0.25) is 0 Å². The van der Waals surface area contributed by atoms with Crippen molar-refractivity contribution in [3.63, 3.8) is 0 Å². The molecule has 0 fully saturated rings. The molecule has 1 aromatic carbocycles. The van der Waals surface area contributed by atoms with Gasteiger partial charge >= 0.3 is 0 Å². The van der Waals surface area contributed by atoms with E-state index in [2.05, 4.69) is 10.1 Å². The van der Waals surface area contributed by atoms with E-state index in [1.165, 1.54) is 11.3 Å². The fourth-order valence-corrected chi connectivity index (χ4v) is 1.79. The molecule has 0 bridgehead atoms. The summed E-state index contributed by atoms with van der Waals surface area (Å²) < 4.78 is 1.03. The molecule has 3 N–H and O–H groups in total. The fraction of sp³-hybridized carbons (Fsp3) is 0. The SMILES string of the molecule is N/C(=N\O)c1ccc2ncsc2c1. The van der Waals surface area contributed by atoms with Gasteiger partial charge in [0, 0.05) is 5.56 Å². The summed E-state index contributed by atoms with van der Waals surface area (Å²) >= 11 is 1.53. The molecule has 2 aromatic rings. The average Bonchev–Trinajstić information content (AvgIpc) is 2.63. The van der Waals surface area contributed by atoms with E-state index < -0.39 is 0 Å². The zero-order valence-electron chi connectivity index (χ0n) is 6.64. The second-order valence-corrected chi connectivity index (χ2v) is 3.41. The van der Waals surface area contributed by atoms with Crippen molar-refractivity contribution in [2.45, 2.75) is 0 Å². The van der Waals surface area contributed by atoms with Gasteiger partial charge in [-0.1, -0.05) is 5.16 Å². The monoisotopic (exact) mass is 193 g/mol. The quantitative estimate of drug-likeness (QED) is 0.311. The van der Waals surface area contributed by atoms with Gasteiger partial charge in [-0.2, -0.15) is 0 Å². The van der Waals surface area contributed by atoms with Gasteiger partial charge in [-0.05, 0) is 18.2 Å². The molecule has 0 aliphatic heterocycles. The first kappa shape index (κ1) is 8.00. The Kier molecular flexibility index (Phi) is 1.86. The smallest absolute Gasteiger partial charge is 0.170 e. The lowest BCUT2D eigenvalue weighted by Gasteiger charge is -1.96. The Labute approximate surface area is 78.3 Å². The highest BCUT2D eigenvalue weighted by Crippen LogP contribution is 2.18. The lowest BCUT2D eigenvalue weighted by molar-refractivity contribution is 0.318. The minimum atomic E-state index is 0.121. The highest BCUT2D eigenvalue weighted by molar-refractivity contribution is 7.16. The number of nitrogens with zero attached hydrogens (tertiary/aromatic N) is 2. The number of amidine groups is 1. The third kappa shape index (κ3) is 1.33. The number of nitrogens with two attached hydrogens (primary N) is 1. The Bertz CT molecular complexity index is 463. The Morgan fingerprint density at radius 3 is 3.15 bits per heavy atom. The molecule has 0 spiro atoms. The highest BCUT2D eigenvalue weighted by Gasteiger charge is 2.01. The Balaban J connectivity index is 2.60. The van der Waals surface area contributed by atoms with Crippen LogP contribution >= 0.6 is 11.3 Å². The molecule has 2 rings (SSSR count). The zero-order chi connectivity index (χ0) is 9.26. The summed E-state index contributed by atoms with van der Waals surface area (Å²) in [6.07, 6.45) is 0. The van der Waals surface area contributed by atoms with Crippen molar-refractivity contribution in [2.24, 2.45) is 10.9 Å². The van der Waals surface area contributed by atoms with Gasteiger partial charge in [0.05, 0.1) is 15.7 Å². The minimum absolute atomic E-state index is 0.121. The predicted octanol–water partition coefficient (Wildman–Crippen LogP) is 1.39. The van der Waals surface area contributed by atoms with Crippen molar-refractivity contribution in [3.8, 4) is 0 Å². The fourth-order valence-electron chi connectivity index (χ4n) is 1.07. The number of aromatic nitrogens is 1. The van der Waals surface area contributed by atoms with E-state index in [0.29, 0.717) is 5.56 Å². The van der Waals surface area contributed by atoms with E-state index in [1.807, 2.05) is 12.1 Å². The number of hydrogen-bond acceptors (Lipinski definition) is 4. The molecule has 1 heterocycles. The second kappa shape index (κ2) is 3.02. The maximum absolute atomic E-state index is 8.46. The largest absolute Gasteiger partial charge is 0.409 e. The average molecular weight is 193 g/mol. The highest BCUT2D eigenvalue weighted by atomic mass is 32.1. The van der Waals surface area contributed by atoms with E-state index in [-0.39, 0.29) is 5.84 Å². The van der Waals surface area contributed by atoms with Crippen LogP contribution in [0.15, 0.2) is 28.9 Å². The lowest BCUT2D eigenvalue weighted by atomic mass is 10.2. The summed E-state index contributed by atoms with van der Waals surface area (Å²) in [5.74, 6) is 0.121. The predicted molar refractivity (Wildman–Crippen MR) is 52.1 cm³/mol. The molecule has 0 aliphatic rings. The van der Waals surface area contributed by atoms with Crippen molar-refractivity contribution in [2.75, 3.05) is 0 Å². The van der Waals surface area contributed by atoms with Crippen LogP contribution in [0, 0.1) is 0 Å². The van der Waals surface area contributed by atoms with Gasteiger partial charge in [0.1, 0.15) is 0 Å². The van der Waals surface area contributed by atoms with Crippen molar-refractivity contribution >= 4 is 27.4 Å². The van der Waals surface area contributed by atoms with Crippen LogP contribution in [0.1, 0.15) is 5.56 Å². The third-order valence-electron chi connectivity index (χ3n) is 1.73. The molecular formula is C8H7N3OS. The normalized spacial score (nSPS) is 12.2. The van der Waals surface area contributed by atoms with Gasteiger partial charge < -0.3 is 10.9 Å². The van der Waals surface area contributed by atoms with Crippen molar-refractivity contribution in [1.29, 1.82) is 0 Å². The number of oxime groups is 1. The van der Waals surface area contributed by atoms with Crippen LogP contribution in [0.25, 0.3) is 10.2 Å². The number of hydrogen-bond donors (Lipinski definition) is 2. The number of benzene rings is 1. The van der Waals surface area contributed by atoms with Gasteiger partial charge in [-0.25, -0.2) is 4.98 Å². The Morgan fingerprint density at radius 2 is 2.38 bits per heavy atom. The summed E-state index contributed by atoms with van der Waals surface area (Å²) in [5.41, 5.74) is 8.84. The van der Waals surface area contributed by atoms with E-state index >= 15 is 0 Å². The summed E-state index contributed by atoms with van der Waals surface area (Å²) in [4.78, 5) is 4.12. The molecule has 0 unspecified atom stereocenters. The van der Waals surface area contributed by atoms with Gasteiger partial charge in [0.2, 0.25) is 0 Å². The van der Waals surface area contributed by atoms with E-state index in [9.17, 15) is 0 Å². The molecule has 4 nitrogen and oxygen atoms in total. The maximum atomic E-state index is 8.46. The van der Waals surface area contributed by atoms with Crippen LogP contribution in [0.5, 0.6) is 0 Å². The van der Waals surface area contributed by atoms with Crippen molar-refractivity contribution in [1.82, 2.24) is 4.98 Å². The van der Waals surface area contributed by atoms with E-state index in [4.69, 9.17) is 10.9 Å². The number of thiazole rings is 1. The molecule has 1 aromatic heterocycles. The standard InChI is InChI=1S/C8H7N3OS/c9-8(11-12)5-1-2-6-7(3-5)13-4-10-6/h1-4,12H,(H2,9,11). The minimum Gasteiger partial charge on any atom is -0.409 e. The van der Waals surface area contributed by atoms with Crippen LogP contribution in [-0.4, -0.2) is 16.0 Å². The molecule has 0 saturated carbocycles. The number of fused-ring (bicyclic) bond motifs is 1. The summed E-state index contributed by atoms with van der Waals surface area (Å²) in [6.45, 7) is 0. The summed E-state index contributed by atoms with van der Waals surface area (Å²) in [5, 5.41) is 11.4. The number of rotatable bonds is 1. The lowest BCUT2D eigenvalue weighted by Crippen LogP contribution is -2.12. The van der Waals surface area contributed by atoms with Crippen molar-refractivity contribution < 1.29 is 5.21 Å². The zero-order valence-corrected chi connectivity index (χ0v) is 7.45. The van der Waals surface area contributed by atoms with Crippen LogP contribution < -0.4 is 5.73 Å². The Morgan fingerprint density at radius 1 is 1.54 bits per heavy atom. The molecule has 0 radical (unpaired) electrons. The first-order valence-corrected chi connectivity index (χ1v) is 4.50. The second-order valence-electron chi connectivity index (χ2n) is 2.52. The third-order valence-corrected chi connectivity index (χ3v) is 2.53. The Hall–Kier alpha value is -1.62. The molecule has 66 valence electrons. The topological polar surface area (TPSA) is 71.5 Å². The molecule has 5 heteroatoms. The van der Waals surface area contributed by atoms with E-state index in [0.717, 1.165) is 10.2 Å². The molecule has 0 saturated heterocycles. The summed E-state index contributed by atoms with van der Waals surface area (Å²) in [6, 6.07) is 5.47. The van der Waals surface area contributed by atoms with Gasteiger partial charge in [0.25, 0.3) is 0 Å². The first-order valence-electron chi connectivity index (χ1n) is 3.62. The molecule has 0 aliphatic carbocycles. The van der Waals surface area contributed by atoms with Gasteiger partial charge in [-0.3, -0.25) is 0 Å². The van der Waals surface area contributed by atoms with Crippen LogP contribution in [0.4, 0.5) is 0 Å². The van der Waals surface area contributed by atoms with Gasteiger partial charge in [0.15, 0.2) is 5.84 Å². The first-order chi connectivity index (χ1) is 6.31. The van der Waals surface area contributed by atoms with Gasteiger partial charge in [-0.15, -0.1) is 11.3 Å². The van der Waals surface area contributed by atoms with Crippen LogP contribution in [0.3, 0.4) is 0 Å². The molecule has 13 heavy (non-hydrogen) atoms. The molecule has 0 atom stereocenters. The van der Waals surface area contributed by atoms with Crippen molar-refractivity contribution in [3.05, 3.63) is 29.3 Å². The summed E-state index contributed by atoms with van der Waals surface area (Å²) in [7, 11) is 0.